The van der Waals surface area contributed by atoms with Gasteiger partial charge < -0.3 is 0 Å². The summed E-state index contributed by atoms with van der Waals surface area (Å²) in [5, 5.41) is 0.683. The van der Waals surface area contributed by atoms with E-state index in [0.717, 1.165) is 0 Å². The van der Waals surface area contributed by atoms with E-state index in [1.807, 2.05) is 0 Å². The van der Waals surface area contributed by atoms with Crippen LogP contribution in [-0.4, -0.2) is 10.7 Å². The zero-order chi connectivity index (χ0) is 7.82. The first kappa shape index (κ1) is 9.40. The zero-order valence-electron chi connectivity index (χ0n) is 5.00. The van der Waals surface area contributed by atoms with Gasteiger partial charge in [0.15, 0.2) is 0 Å². The maximum absolute atomic E-state index is 8.57. The first-order valence-corrected chi connectivity index (χ1v) is 3.22. The summed E-state index contributed by atoms with van der Waals surface area (Å²) in [5.41, 5.74) is 0. The normalized spacial score (nSPS) is 7.40. The predicted molar refractivity (Wildman–Crippen MR) is 41.9 cm³/mol. The summed E-state index contributed by atoms with van der Waals surface area (Å²) in [7, 11) is 0. The van der Waals surface area contributed by atoms with Gasteiger partial charge >= 0.3 is 0 Å². The monoisotopic (exact) mass is 177 g/mol. The van der Waals surface area contributed by atoms with E-state index in [-0.39, 0.29) is 5.75 Å². The molecule has 0 unspecified atom stereocenters. The summed E-state index contributed by atoms with van der Waals surface area (Å²) >= 11 is 9.80. The van der Waals surface area contributed by atoms with Crippen LogP contribution in [0.15, 0.2) is 24.5 Å². The van der Waals surface area contributed by atoms with Crippen LogP contribution in [-0.2, 0) is 4.79 Å². The first-order valence-electron chi connectivity index (χ1n) is 2.40. The summed E-state index contributed by atoms with van der Waals surface area (Å²) in [6, 6.07) is 3.58. The highest BCUT2D eigenvalue weighted by atomic mass is 35.5. The second kappa shape index (κ2) is 6.52. The molecule has 0 amide bonds. The van der Waals surface area contributed by atoms with Gasteiger partial charge in [-0.3, -0.25) is 9.78 Å². The second-order valence-corrected chi connectivity index (χ2v) is 1.87. The van der Waals surface area contributed by atoms with E-state index in [2.05, 4.69) is 16.6 Å². The third-order valence-electron chi connectivity index (χ3n) is 0.625. The van der Waals surface area contributed by atoms with Crippen molar-refractivity contribution in [2.45, 2.75) is 0 Å². The van der Waals surface area contributed by atoms with Gasteiger partial charge in [-0.05, 0) is 23.7 Å². The number of hydrogen-bond acceptors (Lipinski definition) is 2. The van der Waals surface area contributed by atoms with Crippen LogP contribution in [0, 0.1) is 0 Å². The number of rotatable bonds is 0. The van der Waals surface area contributed by atoms with E-state index in [1.54, 1.807) is 24.5 Å². The summed E-state index contributed by atoms with van der Waals surface area (Å²) in [5.74, 6) is 0.222. The summed E-state index contributed by atoms with van der Waals surface area (Å²) < 4.78 is 0. The smallest absolute Gasteiger partial charge is 0.208 e. The second-order valence-electron chi connectivity index (χ2n) is 1.26. The summed E-state index contributed by atoms with van der Waals surface area (Å²) in [4.78, 5) is 12.3. The van der Waals surface area contributed by atoms with Crippen molar-refractivity contribution < 1.29 is 4.79 Å². The van der Waals surface area contributed by atoms with Crippen molar-refractivity contribution in [2.75, 3.05) is 0 Å². The molecule has 0 bridgehead atoms. The highest BCUT2D eigenvalue weighted by Crippen LogP contribution is 2.00. The molecule has 1 aromatic rings. The lowest BCUT2D eigenvalue weighted by atomic mass is 10.5. The van der Waals surface area contributed by atoms with Crippen molar-refractivity contribution in [3.05, 3.63) is 29.5 Å². The number of pyridine rings is 1. The van der Waals surface area contributed by atoms with E-state index in [0.29, 0.717) is 5.02 Å². The molecule has 0 aliphatic heterocycles. The highest BCUT2D eigenvalue weighted by molar-refractivity contribution is 6.54. The summed E-state index contributed by atoms with van der Waals surface area (Å²) in [6.07, 6.45) is 3.29. The molecular weight excluding hydrogens is 173 g/mol. The molecule has 0 spiro atoms. The number of aromatic nitrogens is 1. The molecule has 0 saturated carbocycles. The average Bonchev–Trinajstić information content (AvgIpc) is 1.91. The molecule has 0 aromatic carbocycles. The van der Waals surface area contributed by atoms with Gasteiger partial charge in [0.05, 0.1) is 5.02 Å². The summed E-state index contributed by atoms with van der Waals surface area (Å²) in [6.45, 7) is 0. The van der Waals surface area contributed by atoms with Gasteiger partial charge in [-0.25, -0.2) is 0 Å². The molecular formula is C6H5Cl2NO. The van der Waals surface area contributed by atoms with Crippen LogP contribution < -0.4 is 0 Å². The number of nitrogens with zero attached hydrogens (tertiary/aromatic N) is 1. The predicted octanol–water partition coefficient (Wildman–Crippen LogP) is 2.15. The molecule has 0 saturated heterocycles. The van der Waals surface area contributed by atoms with E-state index >= 15 is 0 Å². The fourth-order valence-corrected chi connectivity index (χ4v) is 0.471. The Bertz CT molecular complexity index is 178. The average molecular weight is 178 g/mol. The molecule has 0 atom stereocenters. The third kappa shape index (κ3) is 5.54. The molecule has 0 N–H and O–H groups in total. The molecule has 54 valence electrons. The minimum Gasteiger partial charge on any atom is -0.285 e. The van der Waals surface area contributed by atoms with Gasteiger partial charge in [0.25, 0.3) is 0 Å². The van der Waals surface area contributed by atoms with Gasteiger partial charge in [-0.1, -0.05) is 11.6 Å². The first-order chi connectivity index (χ1) is 4.81. The van der Waals surface area contributed by atoms with Crippen molar-refractivity contribution in [1.82, 2.24) is 4.98 Å². The van der Waals surface area contributed by atoms with Gasteiger partial charge in [-0.15, -0.1) is 0 Å². The van der Waals surface area contributed by atoms with Crippen LogP contribution in [0.4, 0.5) is 0 Å². The van der Waals surface area contributed by atoms with Gasteiger partial charge in [-0.2, -0.15) is 0 Å². The Kier molecular flexibility index (Phi) is 6.13. The van der Waals surface area contributed by atoms with E-state index in [9.17, 15) is 0 Å². The van der Waals surface area contributed by atoms with Gasteiger partial charge in [0.2, 0.25) is 5.75 Å². The molecule has 1 heterocycles. The largest absolute Gasteiger partial charge is 0.285 e. The third-order valence-corrected chi connectivity index (χ3v) is 0.849. The van der Waals surface area contributed by atoms with Crippen LogP contribution in [0.5, 0.6) is 0 Å². The minimum absolute atomic E-state index is 0.222. The van der Waals surface area contributed by atoms with Gasteiger partial charge in [0.1, 0.15) is 0 Å². The standard InChI is InChI=1S/C5H4ClN.CHClO/c6-5-2-1-3-7-4-5;2-1-3/h1-4H;1H. The minimum atomic E-state index is 0.222. The lowest BCUT2D eigenvalue weighted by Crippen LogP contribution is -1.64. The molecule has 1 rings (SSSR count). The van der Waals surface area contributed by atoms with Crippen molar-refractivity contribution in [2.24, 2.45) is 0 Å². The molecule has 4 heteroatoms. The molecule has 10 heavy (non-hydrogen) atoms. The zero-order valence-corrected chi connectivity index (χ0v) is 6.51. The Morgan fingerprint density at radius 1 is 1.60 bits per heavy atom. The topological polar surface area (TPSA) is 30.0 Å². The SMILES string of the molecule is Clc1cccnc1.O=CCl. The fraction of sp³-hybridized carbons (Fsp3) is 0. The molecule has 0 fully saturated rings. The van der Waals surface area contributed by atoms with Crippen LogP contribution in [0.25, 0.3) is 0 Å². The van der Waals surface area contributed by atoms with Crippen molar-refractivity contribution in [3.63, 3.8) is 0 Å². The van der Waals surface area contributed by atoms with Crippen molar-refractivity contribution >= 4 is 28.9 Å². The van der Waals surface area contributed by atoms with Crippen LogP contribution in [0.1, 0.15) is 0 Å². The van der Waals surface area contributed by atoms with Crippen LogP contribution in [0.3, 0.4) is 0 Å². The van der Waals surface area contributed by atoms with E-state index in [4.69, 9.17) is 16.4 Å². The van der Waals surface area contributed by atoms with Crippen molar-refractivity contribution in [3.8, 4) is 0 Å². The molecule has 1 aromatic heterocycles. The Morgan fingerprint density at radius 3 is 2.40 bits per heavy atom. The van der Waals surface area contributed by atoms with Crippen molar-refractivity contribution in [1.29, 1.82) is 0 Å². The number of carbonyl (C=O) groups is 1. The number of halogens is 2. The number of hydrogen-bond donors (Lipinski definition) is 0. The maximum atomic E-state index is 8.57. The molecule has 2 nitrogen and oxygen atoms in total. The van der Waals surface area contributed by atoms with Crippen LogP contribution in [0.2, 0.25) is 5.02 Å². The molecule has 0 aliphatic rings. The Labute approximate surface area is 68.8 Å². The van der Waals surface area contributed by atoms with Gasteiger partial charge in [0, 0.05) is 12.4 Å². The molecule has 0 aliphatic carbocycles. The maximum Gasteiger partial charge on any atom is 0.208 e. The fourth-order valence-electron chi connectivity index (χ4n) is 0.342. The molecule has 0 radical (unpaired) electrons. The quantitative estimate of drug-likeness (QED) is 0.450. The lowest BCUT2D eigenvalue weighted by Gasteiger charge is -1.79. The van der Waals surface area contributed by atoms with E-state index in [1.165, 1.54) is 0 Å². The Hall–Kier alpha value is -0.600. The number of carbonyl (C=O) groups excluding carboxylic acids is 1. The van der Waals surface area contributed by atoms with E-state index < -0.39 is 0 Å². The Morgan fingerprint density at radius 2 is 2.20 bits per heavy atom. The highest BCUT2D eigenvalue weighted by Gasteiger charge is 1.76. The Balaban J connectivity index is 0.000000236. The lowest BCUT2D eigenvalue weighted by molar-refractivity contribution is 0.569. The van der Waals surface area contributed by atoms with Crippen LogP contribution >= 0.6 is 23.2 Å².